The number of aryl methyl sites for hydroxylation is 2. The summed E-state index contributed by atoms with van der Waals surface area (Å²) in [4.78, 5) is 12.4. The molecule has 1 amide bonds. The average molecular weight is 497 g/mol. The van der Waals surface area contributed by atoms with Gasteiger partial charge < -0.3 is 10.4 Å². The number of nitrogens with zero attached hydrogens (tertiary/aromatic N) is 1. The highest BCUT2D eigenvalue weighted by Crippen LogP contribution is 2.31. The van der Waals surface area contributed by atoms with Gasteiger partial charge >= 0.3 is 0 Å². The van der Waals surface area contributed by atoms with Crippen LogP contribution >= 0.6 is 38.5 Å². The first-order valence-electron chi connectivity index (χ1n) is 7.00. The first-order valence-corrected chi connectivity index (χ1v) is 8.87. The van der Waals surface area contributed by atoms with Crippen molar-refractivity contribution < 1.29 is 9.90 Å². The number of nitrogens with one attached hydrogen (secondary N) is 1. The van der Waals surface area contributed by atoms with Gasteiger partial charge in [-0.2, -0.15) is 5.26 Å². The maximum Gasteiger partial charge on any atom is 0.266 e. The van der Waals surface area contributed by atoms with E-state index in [4.69, 9.17) is 0 Å². The maximum absolute atomic E-state index is 12.4. The number of rotatable bonds is 3. The maximum atomic E-state index is 12.4. The minimum Gasteiger partial charge on any atom is -0.506 e. The van der Waals surface area contributed by atoms with E-state index in [-0.39, 0.29) is 11.3 Å². The lowest BCUT2D eigenvalue weighted by Gasteiger charge is -2.09. The van der Waals surface area contributed by atoms with Crippen LogP contribution < -0.4 is 5.32 Å². The van der Waals surface area contributed by atoms with Crippen LogP contribution in [-0.2, 0) is 4.79 Å². The number of amides is 1. The van der Waals surface area contributed by atoms with Gasteiger partial charge in [0.2, 0.25) is 0 Å². The van der Waals surface area contributed by atoms with Gasteiger partial charge in [0, 0.05) is 5.69 Å². The Balaban J connectivity index is 2.31. The smallest absolute Gasteiger partial charge is 0.266 e. The quantitative estimate of drug-likeness (QED) is 0.360. The third-order valence-electron chi connectivity index (χ3n) is 3.35. The summed E-state index contributed by atoms with van der Waals surface area (Å²) >= 11 is 5.23. The number of nitriles is 1. The molecule has 0 fully saturated rings. The van der Waals surface area contributed by atoms with E-state index in [1.165, 1.54) is 6.08 Å². The Hall–Kier alpha value is -1.85. The first-order chi connectivity index (χ1) is 11.3. The molecule has 6 heteroatoms. The van der Waals surface area contributed by atoms with Gasteiger partial charge in [0.05, 0.1) is 8.04 Å². The van der Waals surface area contributed by atoms with Crippen LogP contribution in [0.1, 0.15) is 16.7 Å². The second-order valence-electron chi connectivity index (χ2n) is 5.28. The number of carbonyl (C=O) groups is 1. The van der Waals surface area contributed by atoms with Gasteiger partial charge in [-0.25, -0.2) is 0 Å². The number of hydrogen-bond acceptors (Lipinski definition) is 3. The van der Waals surface area contributed by atoms with Crippen molar-refractivity contribution in [3.63, 3.8) is 0 Å². The van der Waals surface area contributed by atoms with Gasteiger partial charge in [0.15, 0.2) is 0 Å². The second kappa shape index (κ2) is 7.81. The highest BCUT2D eigenvalue weighted by Gasteiger charge is 2.12. The molecule has 0 saturated heterocycles. The first kappa shape index (κ1) is 18.5. The van der Waals surface area contributed by atoms with Gasteiger partial charge in [0.1, 0.15) is 17.4 Å². The molecule has 0 aromatic heterocycles. The summed E-state index contributed by atoms with van der Waals surface area (Å²) in [7, 11) is 0. The van der Waals surface area contributed by atoms with Crippen molar-refractivity contribution in [3.05, 3.63) is 60.6 Å². The third kappa shape index (κ3) is 4.36. The molecule has 0 aliphatic rings. The van der Waals surface area contributed by atoms with E-state index in [0.29, 0.717) is 19.3 Å². The lowest BCUT2D eigenvalue weighted by Crippen LogP contribution is -2.14. The van der Waals surface area contributed by atoms with Crippen LogP contribution in [0.5, 0.6) is 5.75 Å². The molecule has 0 aliphatic carbocycles. The normalized spacial score (nSPS) is 11.0. The third-order valence-corrected chi connectivity index (χ3v) is 4.77. The Bertz CT molecular complexity index is 862. The molecule has 2 rings (SSSR count). The molecule has 0 unspecified atom stereocenters. The van der Waals surface area contributed by atoms with Crippen LogP contribution in [0.4, 0.5) is 5.69 Å². The number of phenols is 1. The van der Waals surface area contributed by atoms with E-state index in [2.05, 4.69) is 21.2 Å². The van der Waals surface area contributed by atoms with Crippen LogP contribution in [0.3, 0.4) is 0 Å². The summed E-state index contributed by atoms with van der Waals surface area (Å²) < 4.78 is 1.13. The highest BCUT2D eigenvalue weighted by molar-refractivity contribution is 14.1. The van der Waals surface area contributed by atoms with Crippen molar-refractivity contribution in [2.45, 2.75) is 13.8 Å². The molecule has 0 saturated carbocycles. The summed E-state index contributed by atoms with van der Waals surface area (Å²) in [5.41, 5.74) is 3.35. The summed E-state index contributed by atoms with van der Waals surface area (Å²) in [6.07, 6.45) is 1.49. The summed E-state index contributed by atoms with van der Waals surface area (Å²) in [5, 5.41) is 21.8. The number of carbonyl (C=O) groups excluding carboxylic acids is 1. The topological polar surface area (TPSA) is 73.1 Å². The minimum atomic E-state index is -0.469. The van der Waals surface area contributed by atoms with Crippen LogP contribution in [0, 0.1) is 28.7 Å². The van der Waals surface area contributed by atoms with Crippen molar-refractivity contribution in [1.29, 1.82) is 5.26 Å². The molecule has 4 nitrogen and oxygen atoms in total. The molecule has 0 aliphatic heterocycles. The zero-order valence-electron chi connectivity index (χ0n) is 13.0. The zero-order valence-corrected chi connectivity index (χ0v) is 16.8. The summed E-state index contributed by atoms with van der Waals surface area (Å²) in [5.74, 6) is -0.338. The van der Waals surface area contributed by atoms with Gasteiger partial charge in [-0.15, -0.1) is 0 Å². The molecule has 0 bridgehead atoms. The molecular formula is C18H14BrIN2O2. The van der Waals surface area contributed by atoms with E-state index in [9.17, 15) is 15.2 Å². The molecule has 2 aromatic carbocycles. The van der Waals surface area contributed by atoms with Crippen molar-refractivity contribution >= 4 is 56.2 Å². The van der Waals surface area contributed by atoms with Crippen LogP contribution in [-0.4, -0.2) is 11.0 Å². The molecule has 24 heavy (non-hydrogen) atoms. The molecule has 0 heterocycles. The van der Waals surface area contributed by atoms with Crippen molar-refractivity contribution in [2.24, 2.45) is 0 Å². The fourth-order valence-electron chi connectivity index (χ4n) is 2.13. The zero-order chi connectivity index (χ0) is 17.9. The number of hydrogen-bond donors (Lipinski definition) is 2. The van der Waals surface area contributed by atoms with Gasteiger partial charge in [0.25, 0.3) is 5.91 Å². The van der Waals surface area contributed by atoms with E-state index in [0.717, 1.165) is 11.1 Å². The lowest BCUT2D eigenvalue weighted by atomic mass is 10.1. The van der Waals surface area contributed by atoms with Crippen molar-refractivity contribution in [3.8, 4) is 11.8 Å². The van der Waals surface area contributed by atoms with Crippen LogP contribution in [0.2, 0.25) is 0 Å². The van der Waals surface area contributed by atoms with E-state index in [1.807, 2.05) is 60.7 Å². The molecule has 122 valence electrons. The van der Waals surface area contributed by atoms with Gasteiger partial charge in [-0.3, -0.25) is 4.79 Å². The number of phenolic OH excluding ortho intramolecular Hbond substituents is 1. The molecule has 2 N–H and O–H groups in total. The number of halogens is 2. The summed E-state index contributed by atoms with van der Waals surface area (Å²) in [6, 6.07) is 11.0. The fourth-order valence-corrected chi connectivity index (χ4v) is 3.63. The average Bonchev–Trinajstić information content (AvgIpc) is 2.52. The Morgan fingerprint density at radius 2 is 2.04 bits per heavy atom. The Kier molecular flexibility index (Phi) is 6.02. The SMILES string of the molecule is Cc1ccc(NC(=O)/C(C#N)=C/c2cc(Br)c(O)c(I)c2)c(C)c1. The predicted octanol–water partition coefficient (Wildman–Crippen LogP) is 4.92. The Morgan fingerprint density at radius 3 is 2.62 bits per heavy atom. The molecule has 2 aromatic rings. The molecule has 0 spiro atoms. The molecule has 0 radical (unpaired) electrons. The number of benzene rings is 2. The summed E-state index contributed by atoms with van der Waals surface area (Å²) in [6.45, 7) is 3.88. The van der Waals surface area contributed by atoms with Crippen LogP contribution in [0.15, 0.2) is 40.4 Å². The number of anilines is 1. The minimum absolute atomic E-state index is 0.0108. The molecular weight excluding hydrogens is 483 g/mol. The molecule has 0 atom stereocenters. The van der Waals surface area contributed by atoms with Crippen molar-refractivity contribution in [2.75, 3.05) is 5.32 Å². The second-order valence-corrected chi connectivity index (χ2v) is 7.29. The van der Waals surface area contributed by atoms with Crippen molar-refractivity contribution in [1.82, 2.24) is 0 Å². The van der Waals surface area contributed by atoms with E-state index < -0.39 is 5.91 Å². The Morgan fingerprint density at radius 1 is 1.33 bits per heavy atom. The highest BCUT2D eigenvalue weighted by atomic mass is 127. The standard InChI is InChI=1S/C18H14BrIN2O2/c1-10-3-4-16(11(2)5-10)22-18(24)13(9-21)6-12-7-14(19)17(23)15(20)8-12/h3-8,23H,1-2H3,(H,22,24)/b13-6+. The van der Waals surface area contributed by atoms with E-state index in [1.54, 1.807) is 12.1 Å². The lowest BCUT2D eigenvalue weighted by molar-refractivity contribution is -0.112. The monoisotopic (exact) mass is 496 g/mol. The van der Waals surface area contributed by atoms with Gasteiger partial charge in [-0.1, -0.05) is 17.7 Å². The predicted molar refractivity (Wildman–Crippen MR) is 107 cm³/mol. The number of aromatic hydroxyl groups is 1. The fraction of sp³-hybridized carbons (Fsp3) is 0.111. The van der Waals surface area contributed by atoms with E-state index >= 15 is 0 Å². The Labute approximate surface area is 162 Å². The largest absolute Gasteiger partial charge is 0.506 e. The van der Waals surface area contributed by atoms with Gasteiger partial charge in [-0.05, 0) is 87.8 Å². The van der Waals surface area contributed by atoms with Crippen LogP contribution in [0.25, 0.3) is 6.08 Å².